The van der Waals surface area contributed by atoms with Crippen molar-refractivity contribution in [3.63, 3.8) is 0 Å². The van der Waals surface area contributed by atoms with Crippen LogP contribution in [0.5, 0.6) is 5.88 Å². The first kappa shape index (κ1) is 30.5. The maximum absolute atomic E-state index is 15.5. The predicted octanol–water partition coefficient (Wildman–Crippen LogP) is 6.17. The molecule has 4 aromatic heterocycles. The molecule has 10 nitrogen and oxygen atoms in total. The van der Waals surface area contributed by atoms with Gasteiger partial charge < -0.3 is 19.1 Å². The average Bonchev–Trinajstić information content (AvgIpc) is 3.75. The Morgan fingerprint density at radius 3 is 2.62 bits per heavy atom. The monoisotopic (exact) mass is 664 g/mol. The smallest absolute Gasteiger partial charge is 0.335 e. The van der Waals surface area contributed by atoms with E-state index in [1.54, 1.807) is 28.7 Å². The highest BCUT2D eigenvalue weighted by molar-refractivity contribution is 7.15. The number of fused-ring (bicyclic) bond motifs is 1. The first-order valence-electron chi connectivity index (χ1n) is 14.4. The van der Waals surface area contributed by atoms with E-state index in [1.165, 1.54) is 23.5 Å². The van der Waals surface area contributed by atoms with Gasteiger partial charge in [-0.1, -0.05) is 0 Å². The number of carboxylic acids is 1. The molecule has 2 aromatic carbocycles. The van der Waals surface area contributed by atoms with Gasteiger partial charge in [0.25, 0.3) is 5.88 Å². The molecular formula is C32H24F4N6O4S. The lowest BCUT2D eigenvalue weighted by molar-refractivity contribution is -0.0589. The molecule has 1 aliphatic heterocycles. The number of benzene rings is 2. The minimum absolute atomic E-state index is 0.0582. The van der Waals surface area contributed by atoms with E-state index >= 15 is 8.78 Å². The molecule has 0 bridgehead atoms. The number of aryl methyl sites for hydroxylation is 1. The maximum atomic E-state index is 15.5. The molecule has 0 saturated carbocycles. The molecule has 240 valence electrons. The summed E-state index contributed by atoms with van der Waals surface area (Å²) < 4.78 is 74.9. The molecule has 0 spiro atoms. The highest BCUT2D eigenvalue weighted by Crippen LogP contribution is 2.31. The SMILES string of the molecule is Cn1cc(-c2cnc(COc3nc(-c4cc(F)c(Cc5nc6c(F)cc(C(=O)O)cc6n5CC5CCO5)cc4F)ccc3F)s2)cn1. The van der Waals surface area contributed by atoms with E-state index in [0.29, 0.717) is 11.6 Å². The van der Waals surface area contributed by atoms with Crippen molar-refractivity contribution in [1.29, 1.82) is 0 Å². The van der Waals surface area contributed by atoms with E-state index in [-0.39, 0.29) is 64.9 Å². The highest BCUT2D eigenvalue weighted by atomic mass is 32.1. The predicted molar refractivity (Wildman–Crippen MR) is 162 cm³/mol. The fourth-order valence-electron chi connectivity index (χ4n) is 5.28. The van der Waals surface area contributed by atoms with Crippen LogP contribution >= 0.6 is 11.3 Å². The molecule has 0 radical (unpaired) electrons. The summed E-state index contributed by atoms with van der Waals surface area (Å²) in [4.78, 5) is 25.1. The molecule has 6 aromatic rings. The van der Waals surface area contributed by atoms with Crippen molar-refractivity contribution in [1.82, 2.24) is 29.3 Å². The number of hydrogen-bond donors (Lipinski definition) is 1. The Hall–Kier alpha value is -5.15. The van der Waals surface area contributed by atoms with Gasteiger partial charge in [-0.25, -0.2) is 37.3 Å². The minimum Gasteiger partial charge on any atom is -0.478 e. The van der Waals surface area contributed by atoms with Crippen molar-refractivity contribution in [3.8, 4) is 27.6 Å². The Balaban J connectivity index is 1.15. The molecule has 1 saturated heterocycles. The Labute approximate surface area is 267 Å². The topological polar surface area (TPSA) is 117 Å². The minimum atomic E-state index is -1.31. The van der Waals surface area contributed by atoms with Crippen LogP contribution in [-0.4, -0.2) is 53.1 Å². The Kier molecular flexibility index (Phi) is 7.93. The first-order valence-corrected chi connectivity index (χ1v) is 15.2. The lowest BCUT2D eigenvalue weighted by Crippen LogP contribution is -2.31. The van der Waals surface area contributed by atoms with Crippen LogP contribution in [-0.2, 0) is 31.4 Å². The zero-order valence-electron chi connectivity index (χ0n) is 24.6. The standard InChI is InChI=1S/C32H24F4N6O4S/c1-41-13-18(11-38-41)27-12-37-29(47-27)15-46-31-21(33)2-3-25(39-31)20-10-22(34)16(6-23(20)35)9-28-40-30-24(36)7-17(32(43)44)8-26(30)42(28)14-19-4-5-45-19/h2-3,6-8,10-13,19H,4-5,9,14-15H2,1H3,(H,43,44). The van der Waals surface area contributed by atoms with Gasteiger partial charge in [0.15, 0.2) is 11.6 Å². The van der Waals surface area contributed by atoms with Gasteiger partial charge >= 0.3 is 5.97 Å². The van der Waals surface area contributed by atoms with Crippen molar-refractivity contribution < 1.29 is 36.9 Å². The van der Waals surface area contributed by atoms with Crippen molar-refractivity contribution in [2.45, 2.75) is 32.1 Å². The molecule has 1 fully saturated rings. The Morgan fingerprint density at radius 1 is 1.06 bits per heavy atom. The van der Waals surface area contributed by atoms with Gasteiger partial charge in [0.1, 0.15) is 34.6 Å². The maximum Gasteiger partial charge on any atom is 0.335 e. The van der Waals surface area contributed by atoms with Gasteiger partial charge in [0.05, 0.1) is 40.5 Å². The summed E-state index contributed by atoms with van der Waals surface area (Å²) in [5.74, 6) is -4.79. The van der Waals surface area contributed by atoms with E-state index in [1.807, 2.05) is 6.20 Å². The normalized spacial score (nSPS) is 14.4. The van der Waals surface area contributed by atoms with E-state index in [0.717, 1.165) is 41.1 Å². The quantitative estimate of drug-likeness (QED) is 0.173. The number of hydrogen-bond acceptors (Lipinski definition) is 8. The molecule has 1 unspecified atom stereocenters. The number of ether oxygens (including phenoxy) is 2. The largest absolute Gasteiger partial charge is 0.478 e. The van der Waals surface area contributed by atoms with E-state index < -0.39 is 35.1 Å². The summed E-state index contributed by atoms with van der Waals surface area (Å²) in [5, 5.41) is 14.1. The second kappa shape index (κ2) is 12.2. The second-order valence-corrected chi connectivity index (χ2v) is 12.1. The zero-order chi connectivity index (χ0) is 32.8. The van der Waals surface area contributed by atoms with Crippen LogP contribution in [0.15, 0.2) is 55.0 Å². The lowest BCUT2D eigenvalue weighted by atomic mass is 10.0. The molecule has 1 N–H and O–H groups in total. The molecule has 0 aliphatic carbocycles. The van der Waals surface area contributed by atoms with Crippen molar-refractivity contribution in [2.24, 2.45) is 7.05 Å². The zero-order valence-corrected chi connectivity index (χ0v) is 25.4. The van der Waals surface area contributed by atoms with Crippen molar-refractivity contribution >= 4 is 28.3 Å². The molecule has 0 amide bonds. The number of aromatic carboxylic acids is 1. The molecule has 7 rings (SSSR count). The number of halogens is 4. The summed E-state index contributed by atoms with van der Waals surface area (Å²) in [6.45, 7) is 0.672. The van der Waals surface area contributed by atoms with E-state index in [2.05, 4.69) is 20.1 Å². The molecule has 1 aliphatic rings. The molecule has 47 heavy (non-hydrogen) atoms. The van der Waals surface area contributed by atoms with Gasteiger partial charge in [-0.05, 0) is 48.4 Å². The van der Waals surface area contributed by atoms with Crippen LogP contribution in [0.1, 0.15) is 33.2 Å². The van der Waals surface area contributed by atoms with E-state index in [9.17, 15) is 18.7 Å². The van der Waals surface area contributed by atoms with Gasteiger partial charge in [-0.15, -0.1) is 11.3 Å². The molecular weight excluding hydrogens is 640 g/mol. The Morgan fingerprint density at radius 2 is 1.89 bits per heavy atom. The summed E-state index contributed by atoms with van der Waals surface area (Å²) in [5.41, 5.74) is 0.357. The Bertz CT molecular complexity index is 2160. The summed E-state index contributed by atoms with van der Waals surface area (Å²) in [7, 11) is 1.80. The van der Waals surface area contributed by atoms with Crippen molar-refractivity contribution in [3.05, 3.63) is 100 Å². The summed E-state index contributed by atoms with van der Waals surface area (Å²) >= 11 is 1.33. The highest BCUT2D eigenvalue weighted by Gasteiger charge is 2.25. The number of nitrogens with zero attached hydrogens (tertiary/aromatic N) is 6. The first-order chi connectivity index (χ1) is 22.6. The van der Waals surface area contributed by atoms with Crippen LogP contribution < -0.4 is 4.74 Å². The van der Waals surface area contributed by atoms with Gasteiger partial charge in [-0.3, -0.25) is 4.68 Å². The molecule has 15 heteroatoms. The molecule has 5 heterocycles. The van der Waals surface area contributed by atoms with Crippen LogP contribution in [0.25, 0.3) is 32.7 Å². The third-order valence-electron chi connectivity index (χ3n) is 7.76. The molecule has 1 atom stereocenters. The summed E-state index contributed by atoms with van der Waals surface area (Å²) in [6, 6.07) is 6.35. The van der Waals surface area contributed by atoms with Gasteiger partial charge in [0, 0.05) is 43.6 Å². The fourth-order valence-corrected chi connectivity index (χ4v) is 6.08. The number of aromatic nitrogens is 6. The van der Waals surface area contributed by atoms with Gasteiger partial charge in [0.2, 0.25) is 0 Å². The van der Waals surface area contributed by atoms with Crippen molar-refractivity contribution in [2.75, 3.05) is 6.61 Å². The fraction of sp³-hybridized carbons (Fsp3) is 0.219. The second-order valence-electron chi connectivity index (χ2n) is 10.9. The van der Waals surface area contributed by atoms with E-state index in [4.69, 9.17) is 9.47 Å². The van der Waals surface area contributed by atoms with Gasteiger partial charge in [-0.2, -0.15) is 5.10 Å². The van der Waals surface area contributed by atoms with Crippen LogP contribution in [0.2, 0.25) is 0 Å². The van der Waals surface area contributed by atoms with Crippen LogP contribution in [0.4, 0.5) is 17.6 Å². The number of thiazole rings is 1. The van der Waals surface area contributed by atoms with Crippen LogP contribution in [0, 0.1) is 23.3 Å². The average molecular weight is 665 g/mol. The number of carboxylic acid groups (broad SMARTS) is 1. The third-order valence-corrected chi connectivity index (χ3v) is 8.78. The third kappa shape index (κ3) is 6.06. The van der Waals surface area contributed by atoms with Crippen LogP contribution in [0.3, 0.4) is 0 Å². The lowest BCUT2D eigenvalue weighted by Gasteiger charge is -2.27. The number of rotatable bonds is 10. The number of imidazole rings is 1. The number of pyridine rings is 1. The summed E-state index contributed by atoms with van der Waals surface area (Å²) in [6.07, 6.45) is 5.46. The number of carbonyl (C=O) groups is 1.